The maximum Gasteiger partial charge on any atom is 0.138 e. The number of nitrogens with one attached hydrogen (secondary N) is 1. The minimum absolute atomic E-state index is 0.00875. The van der Waals surface area contributed by atoms with Crippen LogP contribution in [0.25, 0.3) is 11.0 Å². The molecule has 27 heavy (non-hydrogen) atoms. The first-order chi connectivity index (χ1) is 13.1. The van der Waals surface area contributed by atoms with Crippen LogP contribution in [-0.4, -0.2) is 34.2 Å². The summed E-state index contributed by atoms with van der Waals surface area (Å²) in [6.45, 7) is 3.19. The summed E-state index contributed by atoms with van der Waals surface area (Å²) in [5.74, 6) is 1.63. The van der Waals surface area contributed by atoms with Gasteiger partial charge in [0.05, 0.1) is 17.1 Å². The van der Waals surface area contributed by atoms with E-state index in [4.69, 9.17) is 4.98 Å². The third-order valence-electron chi connectivity index (χ3n) is 8.11. The molecule has 0 amide bonds. The van der Waals surface area contributed by atoms with Gasteiger partial charge in [-0.3, -0.25) is 9.69 Å². The first kappa shape index (κ1) is 17.4. The molecule has 1 aliphatic heterocycles. The molecule has 2 bridgehead atoms. The molecule has 3 aliphatic carbocycles. The number of fused-ring (bicyclic) bond motifs is 4. The maximum atomic E-state index is 12.5. The summed E-state index contributed by atoms with van der Waals surface area (Å²) >= 11 is 0. The zero-order valence-electron chi connectivity index (χ0n) is 16.7. The number of aromatic amines is 1. The predicted molar refractivity (Wildman–Crippen MR) is 108 cm³/mol. The number of hydrogen-bond acceptors (Lipinski definition) is 3. The Kier molecular flexibility index (Phi) is 3.98. The quantitative estimate of drug-likeness (QED) is 0.838. The Balaban J connectivity index is 1.44. The van der Waals surface area contributed by atoms with Gasteiger partial charge in [0, 0.05) is 11.8 Å². The van der Waals surface area contributed by atoms with Gasteiger partial charge in [0.1, 0.15) is 11.6 Å². The second kappa shape index (κ2) is 6.16. The molecule has 4 aliphatic rings. The molecule has 1 unspecified atom stereocenters. The lowest BCUT2D eigenvalue weighted by molar-refractivity contribution is -0.135. The van der Waals surface area contributed by atoms with Gasteiger partial charge >= 0.3 is 0 Å². The number of Topliss-reactive ketones (excluding diaryl/α,β-unsaturated/α-hetero) is 1. The Hall–Kier alpha value is -1.68. The van der Waals surface area contributed by atoms with Crippen LogP contribution in [0.5, 0.6) is 0 Å². The second-order valence-corrected chi connectivity index (χ2v) is 9.33. The average molecular weight is 366 g/mol. The lowest BCUT2D eigenvalue weighted by atomic mass is 9.50. The number of carbonyl (C=O) groups excluding carboxylic acids is 1. The van der Waals surface area contributed by atoms with E-state index >= 15 is 0 Å². The number of nitrogens with zero attached hydrogens (tertiary/aromatic N) is 2. The van der Waals surface area contributed by atoms with Crippen molar-refractivity contribution in [1.29, 1.82) is 0 Å². The van der Waals surface area contributed by atoms with Crippen LogP contribution >= 0.6 is 0 Å². The van der Waals surface area contributed by atoms with Crippen molar-refractivity contribution in [2.24, 2.45) is 5.41 Å². The van der Waals surface area contributed by atoms with Crippen LogP contribution in [-0.2, 0) is 10.2 Å². The fraction of sp³-hybridized carbons (Fsp3) is 0.652. The third-order valence-corrected chi connectivity index (χ3v) is 8.11. The Morgan fingerprint density at radius 2 is 1.96 bits per heavy atom. The number of benzene rings is 1. The zero-order chi connectivity index (χ0) is 18.6. The molecule has 1 N–H and O–H groups in total. The van der Waals surface area contributed by atoms with Gasteiger partial charge in [-0.15, -0.1) is 0 Å². The smallest absolute Gasteiger partial charge is 0.138 e. The SMILES string of the molecule is CCC(=O)C12CCC(c3ccc4nc(C5CCCN5C)[nH]c4c3)(CC1)CC2. The molecular formula is C23H31N3O. The van der Waals surface area contributed by atoms with E-state index in [0.29, 0.717) is 18.2 Å². The summed E-state index contributed by atoms with van der Waals surface area (Å²) in [6.07, 6.45) is 9.89. The molecule has 2 aromatic rings. The normalized spacial score (nSPS) is 33.8. The Morgan fingerprint density at radius 3 is 2.59 bits per heavy atom. The molecule has 0 radical (unpaired) electrons. The summed E-state index contributed by atoms with van der Waals surface area (Å²) in [7, 11) is 2.20. The van der Waals surface area contributed by atoms with E-state index in [9.17, 15) is 4.79 Å². The van der Waals surface area contributed by atoms with Crippen molar-refractivity contribution in [3.8, 4) is 0 Å². The number of ketones is 1. The average Bonchev–Trinajstić information content (AvgIpc) is 3.33. The van der Waals surface area contributed by atoms with Crippen LogP contribution in [0.1, 0.15) is 82.1 Å². The van der Waals surface area contributed by atoms with Crippen LogP contribution in [0.2, 0.25) is 0 Å². The minimum Gasteiger partial charge on any atom is -0.341 e. The Morgan fingerprint density at radius 1 is 1.22 bits per heavy atom. The first-order valence-corrected chi connectivity index (χ1v) is 10.8. The van der Waals surface area contributed by atoms with E-state index in [1.807, 2.05) is 6.92 Å². The van der Waals surface area contributed by atoms with Crippen molar-refractivity contribution in [2.45, 2.75) is 76.2 Å². The summed E-state index contributed by atoms with van der Waals surface area (Å²) < 4.78 is 0. The summed E-state index contributed by atoms with van der Waals surface area (Å²) in [5.41, 5.74) is 4.02. The van der Waals surface area contributed by atoms with Gasteiger partial charge < -0.3 is 4.98 Å². The molecule has 4 nitrogen and oxygen atoms in total. The monoisotopic (exact) mass is 365 g/mol. The van der Waals surface area contributed by atoms with Crippen LogP contribution in [0.3, 0.4) is 0 Å². The number of carbonyl (C=O) groups is 1. The lowest BCUT2D eigenvalue weighted by Crippen LogP contribution is -2.47. The van der Waals surface area contributed by atoms with E-state index in [1.165, 1.54) is 23.9 Å². The molecule has 1 atom stereocenters. The van der Waals surface area contributed by atoms with E-state index in [2.05, 4.69) is 35.1 Å². The molecule has 2 heterocycles. The van der Waals surface area contributed by atoms with Crippen molar-refractivity contribution in [3.05, 3.63) is 29.6 Å². The number of rotatable bonds is 4. The molecular weight excluding hydrogens is 334 g/mol. The number of hydrogen-bond donors (Lipinski definition) is 1. The van der Waals surface area contributed by atoms with Crippen LogP contribution < -0.4 is 0 Å². The van der Waals surface area contributed by atoms with Gasteiger partial charge in [-0.2, -0.15) is 0 Å². The number of likely N-dealkylation sites (tertiary alicyclic amines) is 1. The lowest BCUT2D eigenvalue weighted by Gasteiger charge is -2.53. The third kappa shape index (κ3) is 2.60. The maximum absolute atomic E-state index is 12.5. The topological polar surface area (TPSA) is 49.0 Å². The highest BCUT2D eigenvalue weighted by atomic mass is 16.1. The second-order valence-electron chi connectivity index (χ2n) is 9.33. The van der Waals surface area contributed by atoms with Crippen LogP contribution in [0, 0.1) is 5.41 Å². The fourth-order valence-electron chi connectivity index (χ4n) is 6.18. The largest absolute Gasteiger partial charge is 0.341 e. The zero-order valence-corrected chi connectivity index (χ0v) is 16.7. The molecule has 1 aromatic heterocycles. The Bertz CT molecular complexity index is 858. The van der Waals surface area contributed by atoms with E-state index in [0.717, 1.165) is 56.4 Å². The van der Waals surface area contributed by atoms with E-state index in [-0.39, 0.29) is 10.8 Å². The highest BCUT2D eigenvalue weighted by Gasteiger charge is 2.52. The number of imidazole rings is 1. The van der Waals surface area contributed by atoms with Crippen molar-refractivity contribution in [2.75, 3.05) is 13.6 Å². The molecule has 3 saturated carbocycles. The van der Waals surface area contributed by atoms with Crippen molar-refractivity contribution in [1.82, 2.24) is 14.9 Å². The number of H-pyrrole nitrogens is 1. The van der Waals surface area contributed by atoms with Crippen LogP contribution in [0.4, 0.5) is 0 Å². The highest BCUT2D eigenvalue weighted by molar-refractivity contribution is 5.85. The molecule has 4 heteroatoms. The molecule has 6 rings (SSSR count). The molecule has 4 fully saturated rings. The van der Waals surface area contributed by atoms with Crippen molar-refractivity contribution in [3.63, 3.8) is 0 Å². The number of aromatic nitrogens is 2. The van der Waals surface area contributed by atoms with Gasteiger partial charge in [-0.1, -0.05) is 13.0 Å². The van der Waals surface area contributed by atoms with Crippen molar-refractivity contribution >= 4 is 16.8 Å². The summed E-state index contributed by atoms with van der Waals surface area (Å²) in [4.78, 5) is 23.4. The minimum atomic E-state index is 0.00875. The van der Waals surface area contributed by atoms with E-state index < -0.39 is 0 Å². The highest BCUT2D eigenvalue weighted by Crippen LogP contribution is 2.58. The van der Waals surface area contributed by atoms with Gasteiger partial charge in [-0.25, -0.2) is 4.98 Å². The summed E-state index contributed by atoms with van der Waals surface area (Å²) in [6, 6.07) is 7.32. The molecule has 144 valence electrons. The van der Waals surface area contributed by atoms with Gasteiger partial charge in [-0.05, 0) is 88.1 Å². The van der Waals surface area contributed by atoms with Gasteiger partial charge in [0.25, 0.3) is 0 Å². The Labute approximate surface area is 161 Å². The molecule has 1 saturated heterocycles. The standard InChI is InChI=1S/C23H31N3O/c1-3-20(27)23-11-8-22(9-12-23,10-13-23)16-6-7-17-18(15-16)25-21(24-17)19-5-4-14-26(19)2/h6-7,15,19H,3-5,8-14H2,1-2H3,(H,24,25). The van der Waals surface area contributed by atoms with Gasteiger partial charge in [0.2, 0.25) is 0 Å². The first-order valence-electron chi connectivity index (χ1n) is 10.8. The van der Waals surface area contributed by atoms with Gasteiger partial charge in [0.15, 0.2) is 0 Å². The van der Waals surface area contributed by atoms with Crippen molar-refractivity contribution < 1.29 is 4.79 Å². The van der Waals surface area contributed by atoms with Crippen LogP contribution in [0.15, 0.2) is 18.2 Å². The molecule has 1 aromatic carbocycles. The predicted octanol–water partition coefficient (Wildman–Crippen LogP) is 4.90. The summed E-state index contributed by atoms with van der Waals surface area (Å²) in [5, 5.41) is 0. The molecule has 0 spiro atoms. The fourth-order valence-corrected chi connectivity index (χ4v) is 6.18. The van der Waals surface area contributed by atoms with E-state index in [1.54, 1.807) is 0 Å².